The number of hydrogen-bond acceptors (Lipinski definition) is 2. The molecule has 0 radical (unpaired) electrons. The highest BCUT2D eigenvalue weighted by Crippen LogP contribution is 2.17. The van der Waals surface area contributed by atoms with Crippen LogP contribution in [0.1, 0.15) is 47.5 Å². The smallest absolute Gasteiger partial charge is 0.0223 e. The summed E-state index contributed by atoms with van der Waals surface area (Å²) < 4.78 is 0. The van der Waals surface area contributed by atoms with E-state index in [4.69, 9.17) is 0 Å². The van der Waals surface area contributed by atoms with Gasteiger partial charge in [0.05, 0.1) is 0 Å². The summed E-state index contributed by atoms with van der Waals surface area (Å²) in [5.74, 6) is 1.61. The second kappa shape index (κ2) is 6.61. The molecule has 2 atom stereocenters. The van der Waals surface area contributed by atoms with E-state index in [1.54, 1.807) is 0 Å². The Kier molecular flexibility index (Phi) is 5.77. The van der Waals surface area contributed by atoms with E-state index in [1.807, 2.05) is 0 Å². The third kappa shape index (κ3) is 4.42. The number of likely N-dealkylation sites (N-methyl/N-ethyl adjacent to an activating group) is 1. The van der Waals surface area contributed by atoms with Gasteiger partial charge in [0.15, 0.2) is 0 Å². The number of rotatable bonds is 5. The second-order valence-corrected chi connectivity index (χ2v) is 6.11. The molecule has 1 saturated heterocycles. The average molecular weight is 226 g/mol. The maximum absolute atomic E-state index is 3.73. The number of nitrogens with zero attached hydrogens (tertiary/aromatic N) is 1. The quantitative estimate of drug-likeness (QED) is 0.775. The summed E-state index contributed by atoms with van der Waals surface area (Å²) in [4.78, 5) is 2.67. The van der Waals surface area contributed by atoms with Crippen LogP contribution in [0.3, 0.4) is 0 Å². The normalized spacial score (nSPS) is 27.9. The number of piperazine rings is 1. The zero-order valence-electron chi connectivity index (χ0n) is 11.8. The van der Waals surface area contributed by atoms with Gasteiger partial charge in [-0.25, -0.2) is 0 Å². The van der Waals surface area contributed by atoms with Gasteiger partial charge >= 0.3 is 0 Å². The SMILES string of the molecule is CCN1CC(CC(C)C)NCC1CC(C)C. The molecule has 2 nitrogen and oxygen atoms in total. The van der Waals surface area contributed by atoms with Crippen molar-refractivity contribution in [1.29, 1.82) is 0 Å². The van der Waals surface area contributed by atoms with Crippen molar-refractivity contribution in [2.24, 2.45) is 11.8 Å². The number of nitrogens with one attached hydrogen (secondary N) is 1. The first-order chi connectivity index (χ1) is 7.52. The molecule has 1 rings (SSSR count). The molecular weight excluding hydrogens is 196 g/mol. The van der Waals surface area contributed by atoms with E-state index in [2.05, 4.69) is 44.8 Å². The van der Waals surface area contributed by atoms with E-state index in [0.717, 1.165) is 17.9 Å². The van der Waals surface area contributed by atoms with Gasteiger partial charge in [-0.15, -0.1) is 0 Å². The lowest BCUT2D eigenvalue weighted by Gasteiger charge is -2.41. The molecule has 0 aromatic rings. The Morgan fingerprint density at radius 2 is 1.75 bits per heavy atom. The minimum absolute atomic E-state index is 0.711. The standard InChI is InChI=1S/C14H30N2/c1-6-16-10-13(7-11(2)3)15-9-14(16)8-12(4)5/h11-15H,6-10H2,1-5H3. The van der Waals surface area contributed by atoms with Gasteiger partial charge in [-0.1, -0.05) is 34.6 Å². The molecule has 0 spiro atoms. The molecule has 1 aliphatic rings. The van der Waals surface area contributed by atoms with Crippen LogP contribution in [-0.4, -0.2) is 36.6 Å². The number of hydrogen-bond donors (Lipinski definition) is 1. The van der Waals surface area contributed by atoms with Crippen LogP contribution < -0.4 is 5.32 Å². The molecule has 1 aliphatic heterocycles. The Hall–Kier alpha value is -0.0800. The Balaban J connectivity index is 2.43. The third-order valence-electron chi connectivity index (χ3n) is 3.52. The lowest BCUT2D eigenvalue weighted by Crippen LogP contribution is -2.56. The van der Waals surface area contributed by atoms with Gasteiger partial charge in [0.25, 0.3) is 0 Å². The molecule has 0 aliphatic carbocycles. The van der Waals surface area contributed by atoms with E-state index < -0.39 is 0 Å². The van der Waals surface area contributed by atoms with E-state index in [1.165, 1.54) is 32.5 Å². The van der Waals surface area contributed by atoms with Crippen LogP contribution in [0.15, 0.2) is 0 Å². The molecule has 0 amide bonds. The van der Waals surface area contributed by atoms with Gasteiger partial charge in [-0.2, -0.15) is 0 Å². The van der Waals surface area contributed by atoms with Crippen molar-refractivity contribution < 1.29 is 0 Å². The predicted octanol–water partition coefficient (Wildman–Crippen LogP) is 2.74. The highest BCUT2D eigenvalue weighted by Gasteiger charge is 2.27. The van der Waals surface area contributed by atoms with Gasteiger partial charge in [-0.05, 0) is 31.2 Å². The summed E-state index contributed by atoms with van der Waals surface area (Å²) in [5.41, 5.74) is 0. The average Bonchev–Trinajstić information content (AvgIpc) is 2.18. The molecular formula is C14H30N2. The highest BCUT2D eigenvalue weighted by molar-refractivity contribution is 4.86. The van der Waals surface area contributed by atoms with Crippen molar-refractivity contribution in [1.82, 2.24) is 10.2 Å². The molecule has 16 heavy (non-hydrogen) atoms. The first-order valence-corrected chi connectivity index (χ1v) is 7.00. The first kappa shape index (κ1) is 14.0. The highest BCUT2D eigenvalue weighted by atomic mass is 15.2. The van der Waals surface area contributed by atoms with E-state index in [0.29, 0.717) is 6.04 Å². The molecule has 0 saturated carbocycles. The van der Waals surface area contributed by atoms with E-state index in [-0.39, 0.29) is 0 Å². The monoisotopic (exact) mass is 226 g/mol. The topological polar surface area (TPSA) is 15.3 Å². The lowest BCUT2D eigenvalue weighted by atomic mass is 9.96. The van der Waals surface area contributed by atoms with Crippen LogP contribution >= 0.6 is 0 Å². The molecule has 1 fully saturated rings. The van der Waals surface area contributed by atoms with Gasteiger partial charge < -0.3 is 5.32 Å². The molecule has 1 heterocycles. The van der Waals surface area contributed by atoms with Crippen LogP contribution in [0.2, 0.25) is 0 Å². The largest absolute Gasteiger partial charge is 0.311 e. The Labute approximate surface area is 102 Å². The van der Waals surface area contributed by atoms with Crippen LogP contribution in [-0.2, 0) is 0 Å². The fourth-order valence-electron chi connectivity index (χ4n) is 2.82. The van der Waals surface area contributed by atoms with Crippen molar-refractivity contribution in [3.63, 3.8) is 0 Å². The van der Waals surface area contributed by atoms with Gasteiger partial charge in [0, 0.05) is 25.2 Å². The Bertz CT molecular complexity index is 189. The van der Waals surface area contributed by atoms with Crippen LogP contribution in [0.4, 0.5) is 0 Å². The maximum atomic E-state index is 3.73. The Morgan fingerprint density at radius 1 is 1.12 bits per heavy atom. The second-order valence-electron chi connectivity index (χ2n) is 6.11. The summed E-state index contributed by atoms with van der Waals surface area (Å²) in [6.45, 7) is 15.2. The lowest BCUT2D eigenvalue weighted by molar-refractivity contribution is 0.113. The molecule has 2 heteroatoms. The summed E-state index contributed by atoms with van der Waals surface area (Å²) in [7, 11) is 0. The third-order valence-corrected chi connectivity index (χ3v) is 3.52. The van der Waals surface area contributed by atoms with Crippen molar-refractivity contribution >= 4 is 0 Å². The minimum Gasteiger partial charge on any atom is -0.311 e. The molecule has 0 aromatic carbocycles. The van der Waals surface area contributed by atoms with Crippen LogP contribution in [0, 0.1) is 11.8 Å². The fraction of sp³-hybridized carbons (Fsp3) is 1.00. The van der Waals surface area contributed by atoms with Gasteiger partial charge in [-0.3, -0.25) is 4.90 Å². The molecule has 0 aromatic heterocycles. The summed E-state index contributed by atoms with van der Waals surface area (Å²) in [6.07, 6.45) is 2.64. The summed E-state index contributed by atoms with van der Waals surface area (Å²) >= 11 is 0. The van der Waals surface area contributed by atoms with E-state index in [9.17, 15) is 0 Å². The molecule has 96 valence electrons. The van der Waals surface area contributed by atoms with Crippen LogP contribution in [0.25, 0.3) is 0 Å². The van der Waals surface area contributed by atoms with Crippen molar-refractivity contribution in [3.8, 4) is 0 Å². The van der Waals surface area contributed by atoms with E-state index >= 15 is 0 Å². The first-order valence-electron chi connectivity index (χ1n) is 7.00. The van der Waals surface area contributed by atoms with Crippen molar-refractivity contribution in [2.75, 3.05) is 19.6 Å². The fourth-order valence-corrected chi connectivity index (χ4v) is 2.82. The molecule has 1 N–H and O–H groups in total. The zero-order chi connectivity index (χ0) is 12.1. The molecule has 0 bridgehead atoms. The maximum Gasteiger partial charge on any atom is 0.0223 e. The minimum atomic E-state index is 0.711. The van der Waals surface area contributed by atoms with Gasteiger partial charge in [0.2, 0.25) is 0 Å². The summed E-state index contributed by atoms with van der Waals surface area (Å²) in [5, 5.41) is 3.73. The molecule has 2 unspecified atom stereocenters. The van der Waals surface area contributed by atoms with Crippen LogP contribution in [0.5, 0.6) is 0 Å². The summed E-state index contributed by atoms with van der Waals surface area (Å²) in [6, 6.07) is 1.47. The van der Waals surface area contributed by atoms with Crippen molar-refractivity contribution in [2.45, 2.75) is 59.5 Å². The zero-order valence-corrected chi connectivity index (χ0v) is 11.8. The van der Waals surface area contributed by atoms with Crippen molar-refractivity contribution in [3.05, 3.63) is 0 Å². The van der Waals surface area contributed by atoms with Gasteiger partial charge in [0.1, 0.15) is 0 Å². The Morgan fingerprint density at radius 3 is 2.25 bits per heavy atom. The predicted molar refractivity (Wildman–Crippen MR) is 71.7 cm³/mol.